The van der Waals surface area contributed by atoms with E-state index in [0.29, 0.717) is 18.5 Å². The maximum Gasteiger partial charge on any atom is 0.508 e. The van der Waals surface area contributed by atoms with E-state index in [0.717, 1.165) is 19.3 Å². The van der Waals surface area contributed by atoms with Gasteiger partial charge in [0.25, 0.3) is 0 Å². The van der Waals surface area contributed by atoms with Crippen LogP contribution in [0.15, 0.2) is 48.7 Å². The molecule has 1 aromatic rings. The fraction of sp³-hybridized carbons (Fsp3) is 0.522. The highest BCUT2D eigenvalue weighted by atomic mass is 16.7. The Bertz CT molecular complexity index is 762. The number of allylic oxidation sites excluding steroid dienone is 2. The first-order valence-electron chi connectivity index (χ1n) is 10.5. The largest absolute Gasteiger partial charge is 0.508 e. The number of hydrogen-bond donors (Lipinski definition) is 1. The lowest BCUT2D eigenvalue weighted by molar-refractivity contribution is -0.142. The zero-order valence-corrected chi connectivity index (χ0v) is 17.2. The normalized spacial score (nSPS) is 31.8. The van der Waals surface area contributed by atoms with Crippen molar-refractivity contribution in [3.63, 3.8) is 0 Å². The molecule has 30 heavy (non-hydrogen) atoms. The molecular formula is C23H29NO6. The highest BCUT2D eigenvalue weighted by Gasteiger charge is 2.38. The number of nitrogens with zero attached hydrogens (tertiary/aromatic N) is 1. The van der Waals surface area contributed by atoms with Crippen LogP contribution in [0, 0.1) is 11.8 Å². The first-order chi connectivity index (χ1) is 14.5. The smallest absolute Gasteiger partial charge is 0.460 e. The summed E-state index contributed by atoms with van der Waals surface area (Å²) in [4.78, 5) is 28.1. The molecule has 0 unspecified atom stereocenters. The zero-order valence-electron chi connectivity index (χ0n) is 17.2. The van der Waals surface area contributed by atoms with E-state index in [9.17, 15) is 14.7 Å². The lowest BCUT2D eigenvalue weighted by Crippen LogP contribution is -2.22. The SMILES string of the molecule is C[C@H]1CCC/C=C/[C@@H]2C[C@H](OC(=O)OCc3ccccn3)C[C@H]2[C@H](O)/C=C/C(=O)O1. The Hall–Kier alpha value is -2.67. The van der Waals surface area contributed by atoms with Gasteiger partial charge in [0.15, 0.2) is 0 Å². The second kappa shape index (κ2) is 10.9. The van der Waals surface area contributed by atoms with E-state index < -0.39 is 18.2 Å². The van der Waals surface area contributed by atoms with Gasteiger partial charge in [-0.15, -0.1) is 0 Å². The maximum absolute atomic E-state index is 12.1. The third-order valence-corrected chi connectivity index (χ3v) is 5.50. The molecule has 1 aliphatic carbocycles. The minimum atomic E-state index is -0.832. The number of ether oxygens (including phenoxy) is 3. The average Bonchev–Trinajstić information content (AvgIpc) is 3.13. The van der Waals surface area contributed by atoms with Crippen LogP contribution in [0.25, 0.3) is 0 Å². The lowest BCUT2D eigenvalue weighted by atomic mass is 9.90. The molecule has 2 aliphatic rings. The van der Waals surface area contributed by atoms with E-state index in [4.69, 9.17) is 14.2 Å². The summed E-state index contributed by atoms with van der Waals surface area (Å²) in [6, 6.07) is 5.37. The molecule has 3 rings (SSSR count). The molecule has 0 bridgehead atoms. The summed E-state index contributed by atoms with van der Waals surface area (Å²) in [7, 11) is 0. The standard InChI is InChI=1S/C23H29NO6/c1-16-7-3-2-4-8-17-13-19(14-20(17)21(25)10-11-22(26)29-16)30-23(27)28-15-18-9-5-6-12-24-18/h4-6,8-12,16-17,19-21,25H,2-3,7,13-15H2,1H3/b8-4+,11-10+/t16-,17+,19-,20+,21+/m0/s1. The van der Waals surface area contributed by atoms with Crippen molar-refractivity contribution < 1.29 is 28.9 Å². The van der Waals surface area contributed by atoms with Crippen LogP contribution in [0.4, 0.5) is 4.79 Å². The number of fused-ring (bicyclic) bond motifs is 1. The first-order valence-corrected chi connectivity index (χ1v) is 10.5. The van der Waals surface area contributed by atoms with Gasteiger partial charge in [-0.3, -0.25) is 4.98 Å². The van der Waals surface area contributed by atoms with E-state index in [1.54, 1.807) is 18.3 Å². The Morgan fingerprint density at radius 3 is 2.97 bits per heavy atom. The van der Waals surface area contributed by atoms with Crippen LogP contribution < -0.4 is 0 Å². The monoisotopic (exact) mass is 415 g/mol. The molecule has 1 fully saturated rings. The van der Waals surface area contributed by atoms with Crippen molar-refractivity contribution in [2.24, 2.45) is 11.8 Å². The molecule has 0 saturated heterocycles. The fourth-order valence-corrected chi connectivity index (χ4v) is 3.96. The highest BCUT2D eigenvalue weighted by Crippen LogP contribution is 2.38. The Labute approximate surface area is 176 Å². The van der Waals surface area contributed by atoms with Crippen LogP contribution in [-0.4, -0.2) is 40.5 Å². The van der Waals surface area contributed by atoms with Crippen LogP contribution in [0.3, 0.4) is 0 Å². The Balaban J connectivity index is 1.58. The van der Waals surface area contributed by atoms with Crippen LogP contribution >= 0.6 is 0 Å². The molecule has 1 saturated carbocycles. The number of hydrogen-bond acceptors (Lipinski definition) is 7. The summed E-state index contributed by atoms with van der Waals surface area (Å²) in [5.74, 6) is -0.557. The van der Waals surface area contributed by atoms with Crippen molar-refractivity contribution in [1.82, 2.24) is 4.98 Å². The number of esters is 1. The molecule has 2 heterocycles. The van der Waals surface area contributed by atoms with Crippen LogP contribution in [-0.2, 0) is 25.6 Å². The van der Waals surface area contributed by atoms with Crippen molar-refractivity contribution >= 4 is 12.1 Å². The Morgan fingerprint density at radius 1 is 1.30 bits per heavy atom. The molecule has 7 heteroatoms. The van der Waals surface area contributed by atoms with Gasteiger partial charge in [-0.2, -0.15) is 0 Å². The van der Waals surface area contributed by atoms with E-state index in [1.807, 2.05) is 13.0 Å². The van der Waals surface area contributed by atoms with Crippen LogP contribution in [0.1, 0.15) is 44.7 Å². The summed E-state index contributed by atoms with van der Waals surface area (Å²) in [5, 5.41) is 10.6. The minimum Gasteiger partial charge on any atom is -0.460 e. The molecule has 0 aromatic carbocycles. The van der Waals surface area contributed by atoms with Crippen LogP contribution in [0.5, 0.6) is 0 Å². The third kappa shape index (κ3) is 6.69. The van der Waals surface area contributed by atoms with E-state index >= 15 is 0 Å². The van der Waals surface area contributed by atoms with Gasteiger partial charge in [-0.1, -0.05) is 18.2 Å². The highest BCUT2D eigenvalue weighted by molar-refractivity contribution is 5.82. The molecule has 0 radical (unpaired) electrons. The van der Waals surface area contributed by atoms with E-state index in [-0.39, 0.29) is 30.7 Å². The molecule has 5 atom stereocenters. The quantitative estimate of drug-likeness (QED) is 0.594. The predicted molar refractivity (Wildman–Crippen MR) is 109 cm³/mol. The molecule has 1 N–H and O–H groups in total. The zero-order chi connectivity index (χ0) is 21.3. The topological polar surface area (TPSA) is 95.0 Å². The number of rotatable bonds is 3. The number of aliphatic hydroxyl groups excluding tert-OH is 1. The van der Waals surface area contributed by atoms with Crippen molar-refractivity contribution in [3.8, 4) is 0 Å². The fourth-order valence-electron chi connectivity index (χ4n) is 3.96. The number of carbonyl (C=O) groups excluding carboxylic acids is 2. The average molecular weight is 415 g/mol. The third-order valence-electron chi connectivity index (χ3n) is 5.50. The Morgan fingerprint density at radius 2 is 2.17 bits per heavy atom. The molecule has 0 spiro atoms. The first kappa shape index (κ1) is 22.0. The number of pyridine rings is 1. The lowest BCUT2D eigenvalue weighted by Gasteiger charge is -2.19. The van der Waals surface area contributed by atoms with Gasteiger partial charge in [0.2, 0.25) is 0 Å². The summed E-state index contributed by atoms with van der Waals surface area (Å²) in [6.45, 7) is 1.92. The molecule has 1 aliphatic heterocycles. The van der Waals surface area contributed by atoms with Gasteiger partial charge in [-0.25, -0.2) is 9.59 Å². The summed E-state index contributed by atoms with van der Waals surface area (Å²) >= 11 is 0. The number of cyclic esters (lactones) is 1. The van der Waals surface area contributed by atoms with Crippen molar-refractivity contribution in [2.75, 3.05) is 0 Å². The van der Waals surface area contributed by atoms with Gasteiger partial charge >= 0.3 is 12.1 Å². The van der Waals surface area contributed by atoms with E-state index in [1.165, 1.54) is 12.2 Å². The molecule has 0 amide bonds. The molecule has 7 nitrogen and oxygen atoms in total. The van der Waals surface area contributed by atoms with Crippen molar-refractivity contribution in [3.05, 3.63) is 54.4 Å². The molecule has 162 valence electrons. The van der Waals surface area contributed by atoms with Crippen molar-refractivity contribution in [1.29, 1.82) is 0 Å². The maximum atomic E-state index is 12.1. The Kier molecular flexibility index (Phi) is 8.02. The summed E-state index contributed by atoms with van der Waals surface area (Å²) in [6.07, 6.45) is 10.2. The second-order valence-corrected chi connectivity index (χ2v) is 7.85. The summed E-state index contributed by atoms with van der Waals surface area (Å²) in [5.41, 5.74) is 0.641. The number of aromatic nitrogens is 1. The van der Waals surface area contributed by atoms with Gasteiger partial charge in [-0.05, 0) is 69.1 Å². The van der Waals surface area contributed by atoms with Gasteiger partial charge < -0.3 is 19.3 Å². The summed E-state index contributed by atoms with van der Waals surface area (Å²) < 4.78 is 15.9. The van der Waals surface area contributed by atoms with Gasteiger partial charge in [0.1, 0.15) is 12.7 Å². The number of aliphatic hydroxyl groups is 1. The number of carbonyl (C=O) groups is 2. The molecular weight excluding hydrogens is 386 g/mol. The predicted octanol–water partition coefficient (Wildman–Crippen LogP) is 3.72. The van der Waals surface area contributed by atoms with Gasteiger partial charge in [0, 0.05) is 12.3 Å². The van der Waals surface area contributed by atoms with Gasteiger partial charge in [0.05, 0.1) is 17.9 Å². The van der Waals surface area contributed by atoms with Crippen molar-refractivity contribution in [2.45, 2.75) is 63.9 Å². The van der Waals surface area contributed by atoms with E-state index in [2.05, 4.69) is 17.1 Å². The minimum absolute atomic E-state index is 0.0467. The molecule has 1 aromatic heterocycles. The van der Waals surface area contributed by atoms with Crippen LogP contribution in [0.2, 0.25) is 0 Å². The second-order valence-electron chi connectivity index (χ2n) is 7.85.